The molecule has 0 saturated carbocycles. The minimum Gasteiger partial charge on any atom is -0.497 e. The Bertz CT molecular complexity index is 1150. The lowest BCUT2D eigenvalue weighted by Gasteiger charge is -2.30. The number of benzene rings is 2. The molecule has 35 heavy (non-hydrogen) atoms. The number of rotatable bonds is 10. The second kappa shape index (κ2) is 11.9. The molecule has 1 aromatic heterocycles. The molecule has 0 aliphatic carbocycles. The first-order valence-corrected chi connectivity index (χ1v) is 12.7. The molecule has 7 nitrogen and oxygen atoms in total. The van der Waals surface area contributed by atoms with E-state index in [0.717, 1.165) is 68.5 Å². The first-order valence-electron chi connectivity index (χ1n) is 12.7. The summed E-state index contributed by atoms with van der Waals surface area (Å²) in [6, 6.07) is 15.2. The minimum absolute atomic E-state index is 0.0867. The van der Waals surface area contributed by atoms with E-state index >= 15 is 0 Å². The second-order valence-electron chi connectivity index (χ2n) is 9.46. The van der Waals surface area contributed by atoms with Crippen molar-refractivity contribution < 1.29 is 14.3 Å². The Kier molecular flexibility index (Phi) is 8.40. The number of nitrogens with one attached hydrogen (secondary N) is 1. The average molecular weight is 477 g/mol. The van der Waals surface area contributed by atoms with E-state index in [4.69, 9.17) is 9.72 Å². The quantitative estimate of drug-likeness (QED) is 0.439. The van der Waals surface area contributed by atoms with Crippen LogP contribution in [0.25, 0.3) is 11.0 Å². The van der Waals surface area contributed by atoms with Crippen LogP contribution in [0.4, 0.5) is 0 Å². The maximum absolute atomic E-state index is 13.0. The van der Waals surface area contributed by atoms with Gasteiger partial charge in [0.25, 0.3) is 5.91 Å². The molecular formula is C28H36N4O3. The van der Waals surface area contributed by atoms with Crippen LogP contribution in [0.3, 0.4) is 0 Å². The number of hydrogen-bond acceptors (Lipinski definition) is 4. The number of fused-ring (bicyclic) bond motifs is 1. The van der Waals surface area contributed by atoms with Crippen LogP contribution < -0.4 is 10.1 Å². The number of nitrogens with zero attached hydrogens (tertiary/aromatic N) is 3. The molecule has 0 spiro atoms. The number of hydrogen-bond donors (Lipinski definition) is 1. The number of carbonyl (C=O) groups excluding carboxylic acids is 2. The van der Waals surface area contributed by atoms with E-state index in [1.165, 1.54) is 0 Å². The van der Waals surface area contributed by atoms with Gasteiger partial charge in [0.05, 0.1) is 18.1 Å². The molecule has 1 aliphatic heterocycles. The van der Waals surface area contributed by atoms with Gasteiger partial charge in [0.1, 0.15) is 18.1 Å². The van der Waals surface area contributed by atoms with Crippen molar-refractivity contribution in [1.82, 2.24) is 19.8 Å². The van der Waals surface area contributed by atoms with Crippen LogP contribution in [0.15, 0.2) is 48.5 Å². The van der Waals surface area contributed by atoms with Gasteiger partial charge in [-0.05, 0) is 61.9 Å². The van der Waals surface area contributed by atoms with E-state index in [2.05, 4.69) is 16.8 Å². The van der Waals surface area contributed by atoms with Crippen LogP contribution in [0.5, 0.6) is 5.75 Å². The maximum Gasteiger partial charge on any atom is 0.251 e. The molecule has 4 rings (SSSR count). The summed E-state index contributed by atoms with van der Waals surface area (Å²) >= 11 is 0. The van der Waals surface area contributed by atoms with Gasteiger partial charge < -0.3 is 19.5 Å². The Morgan fingerprint density at radius 3 is 2.66 bits per heavy atom. The molecule has 186 valence electrons. The van der Waals surface area contributed by atoms with Crippen molar-refractivity contribution in [2.45, 2.75) is 52.0 Å². The van der Waals surface area contributed by atoms with Crippen LogP contribution in [-0.4, -0.2) is 53.0 Å². The molecule has 0 unspecified atom stereocenters. The summed E-state index contributed by atoms with van der Waals surface area (Å²) in [6.07, 6.45) is 5.78. The van der Waals surface area contributed by atoms with Crippen molar-refractivity contribution >= 4 is 22.8 Å². The summed E-state index contributed by atoms with van der Waals surface area (Å²) < 4.78 is 7.28. The fraction of sp³-hybridized carbons (Fsp3) is 0.464. The van der Waals surface area contributed by atoms with Crippen molar-refractivity contribution in [3.05, 3.63) is 59.9 Å². The zero-order valence-corrected chi connectivity index (χ0v) is 20.8. The molecular weight excluding hydrogens is 440 g/mol. The van der Waals surface area contributed by atoms with E-state index in [1.54, 1.807) is 19.2 Å². The summed E-state index contributed by atoms with van der Waals surface area (Å²) in [5.74, 6) is 2.43. The monoisotopic (exact) mass is 476 g/mol. The summed E-state index contributed by atoms with van der Waals surface area (Å²) in [4.78, 5) is 32.2. The van der Waals surface area contributed by atoms with Crippen molar-refractivity contribution in [3.8, 4) is 5.75 Å². The molecule has 2 aromatic carbocycles. The number of imidazole rings is 1. The highest BCUT2D eigenvalue weighted by molar-refractivity contribution is 5.94. The third-order valence-electron chi connectivity index (χ3n) is 6.86. The molecule has 2 heterocycles. The van der Waals surface area contributed by atoms with E-state index in [1.807, 2.05) is 41.3 Å². The molecule has 0 bridgehead atoms. The zero-order chi connectivity index (χ0) is 24.6. The Morgan fingerprint density at radius 1 is 1.06 bits per heavy atom. The number of likely N-dealkylation sites (tertiary alicyclic amines) is 1. The van der Waals surface area contributed by atoms with E-state index in [9.17, 15) is 9.59 Å². The minimum atomic E-state index is -0.0867. The zero-order valence-electron chi connectivity index (χ0n) is 20.8. The summed E-state index contributed by atoms with van der Waals surface area (Å²) in [7, 11) is 1.59. The van der Waals surface area contributed by atoms with Gasteiger partial charge in [0.2, 0.25) is 5.91 Å². The number of aromatic nitrogens is 2. The van der Waals surface area contributed by atoms with Gasteiger partial charge in [0.15, 0.2) is 0 Å². The number of aryl methyl sites for hydroxylation is 1. The Hall–Kier alpha value is -3.35. The molecule has 0 atom stereocenters. The summed E-state index contributed by atoms with van der Waals surface area (Å²) in [5, 5.41) is 2.98. The van der Waals surface area contributed by atoms with Crippen molar-refractivity contribution in [2.75, 3.05) is 26.7 Å². The van der Waals surface area contributed by atoms with Gasteiger partial charge in [-0.15, -0.1) is 0 Å². The van der Waals surface area contributed by atoms with Crippen molar-refractivity contribution in [3.63, 3.8) is 0 Å². The Balaban J connectivity index is 1.28. The molecule has 2 amide bonds. The normalized spacial score (nSPS) is 14.3. The lowest BCUT2D eigenvalue weighted by Crippen LogP contribution is -2.39. The highest BCUT2D eigenvalue weighted by Gasteiger charge is 2.22. The van der Waals surface area contributed by atoms with Gasteiger partial charge in [-0.25, -0.2) is 4.98 Å². The van der Waals surface area contributed by atoms with Crippen molar-refractivity contribution in [1.29, 1.82) is 0 Å². The third-order valence-corrected chi connectivity index (χ3v) is 6.86. The number of para-hydroxylation sites is 2. The topological polar surface area (TPSA) is 76.5 Å². The lowest BCUT2D eigenvalue weighted by atomic mass is 9.99. The smallest absolute Gasteiger partial charge is 0.251 e. The number of methoxy groups -OCH3 is 1. The number of amides is 2. The SMILES string of the molecule is COc1cccc(C(=O)NCCCCCc2nc3ccccc3n2CC(=O)N2CCC(C)CC2)c1. The van der Waals surface area contributed by atoms with Gasteiger partial charge in [0, 0.05) is 31.6 Å². The standard InChI is InChI=1S/C28H36N4O3/c1-21-14-17-31(18-15-21)27(33)20-32-25-12-6-5-11-24(25)30-26(32)13-4-3-7-16-29-28(34)22-9-8-10-23(19-22)35-2/h5-6,8-12,19,21H,3-4,7,13-18,20H2,1-2H3,(H,29,34). The van der Waals surface area contributed by atoms with E-state index < -0.39 is 0 Å². The fourth-order valence-electron chi connectivity index (χ4n) is 4.64. The Labute approximate surface area is 207 Å². The molecule has 3 aromatic rings. The maximum atomic E-state index is 13.0. The van der Waals surface area contributed by atoms with Crippen LogP contribution >= 0.6 is 0 Å². The van der Waals surface area contributed by atoms with Crippen LogP contribution in [0.1, 0.15) is 55.2 Å². The highest BCUT2D eigenvalue weighted by atomic mass is 16.5. The van der Waals surface area contributed by atoms with Gasteiger partial charge in [-0.3, -0.25) is 9.59 Å². The number of piperidine rings is 1. The fourth-order valence-corrected chi connectivity index (χ4v) is 4.64. The van der Waals surface area contributed by atoms with Gasteiger partial charge >= 0.3 is 0 Å². The predicted molar refractivity (Wildman–Crippen MR) is 138 cm³/mol. The van der Waals surface area contributed by atoms with Gasteiger partial charge in [-0.1, -0.05) is 31.5 Å². The van der Waals surface area contributed by atoms with E-state index in [-0.39, 0.29) is 11.8 Å². The third kappa shape index (κ3) is 6.41. The first-order chi connectivity index (χ1) is 17.0. The van der Waals surface area contributed by atoms with Crippen LogP contribution in [0, 0.1) is 5.92 Å². The first kappa shape index (κ1) is 24.8. The Morgan fingerprint density at radius 2 is 1.86 bits per heavy atom. The van der Waals surface area contributed by atoms with Gasteiger partial charge in [-0.2, -0.15) is 0 Å². The van der Waals surface area contributed by atoms with Crippen molar-refractivity contribution in [2.24, 2.45) is 5.92 Å². The molecule has 1 fully saturated rings. The predicted octanol–water partition coefficient (Wildman–Crippen LogP) is 4.45. The molecule has 1 N–H and O–H groups in total. The lowest BCUT2D eigenvalue weighted by molar-refractivity contribution is -0.133. The largest absolute Gasteiger partial charge is 0.497 e. The second-order valence-corrected chi connectivity index (χ2v) is 9.46. The summed E-state index contributed by atoms with van der Waals surface area (Å²) in [5.41, 5.74) is 2.56. The van der Waals surface area contributed by atoms with E-state index in [0.29, 0.717) is 30.3 Å². The van der Waals surface area contributed by atoms with Crippen LogP contribution in [0.2, 0.25) is 0 Å². The number of unbranched alkanes of at least 4 members (excludes halogenated alkanes) is 2. The highest BCUT2D eigenvalue weighted by Crippen LogP contribution is 2.20. The molecule has 1 aliphatic rings. The number of ether oxygens (including phenoxy) is 1. The average Bonchev–Trinajstić information content (AvgIpc) is 3.23. The molecule has 1 saturated heterocycles. The summed E-state index contributed by atoms with van der Waals surface area (Å²) in [6.45, 7) is 4.93. The molecule has 0 radical (unpaired) electrons. The van der Waals surface area contributed by atoms with Crippen LogP contribution in [-0.2, 0) is 17.8 Å². The molecule has 7 heteroatoms. The number of carbonyl (C=O) groups is 2.